The first kappa shape index (κ1) is 9.61. The number of pyridine rings is 1. The molecule has 74 valence electrons. The zero-order valence-corrected chi connectivity index (χ0v) is 9.36. The van der Waals surface area contributed by atoms with E-state index < -0.39 is 0 Å². The van der Waals surface area contributed by atoms with Gasteiger partial charge in [-0.05, 0) is 22.0 Å². The lowest BCUT2D eigenvalue weighted by atomic mass is 10.4. The largest absolute Gasteiger partial charge is 0.383 e. The second-order valence-electron chi connectivity index (χ2n) is 2.93. The van der Waals surface area contributed by atoms with Crippen LogP contribution in [0.5, 0.6) is 0 Å². The van der Waals surface area contributed by atoms with Crippen LogP contribution in [0.25, 0.3) is 11.0 Å². The van der Waals surface area contributed by atoms with Gasteiger partial charge in [0, 0.05) is 23.2 Å². The summed E-state index contributed by atoms with van der Waals surface area (Å²) < 4.78 is 7.80. The highest BCUT2D eigenvalue weighted by atomic mass is 79.9. The van der Waals surface area contributed by atoms with Gasteiger partial charge in [0.15, 0.2) is 5.65 Å². The molecule has 4 nitrogen and oxygen atoms in total. The normalized spacial score (nSPS) is 11.0. The molecule has 0 aromatic carbocycles. The molecular formula is C9H10BrN3O. The molecule has 5 heteroatoms. The Morgan fingerprint density at radius 2 is 2.36 bits per heavy atom. The van der Waals surface area contributed by atoms with E-state index in [-0.39, 0.29) is 0 Å². The number of methoxy groups -OCH3 is 1. The van der Waals surface area contributed by atoms with Crippen molar-refractivity contribution in [1.82, 2.24) is 14.8 Å². The van der Waals surface area contributed by atoms with Crippen LogP contribution in [0.2, 0.25) is 0 Å². The van der Waals surface area contributed by atoms with Gasteiger partial charge in [-0.3, -0.25) is 0 Å². The van der Waals surface area contributed by atoms with E-state index in [2.05, 4.69) is 26.0 Å². The van der Waals surface area contributed by atoms with Crippen molar-refractivity contribution in [3.8, 4) is 0 Å². The number of ether oxygens (including phenoxy) is 1. The summed E-state index contributed by atoms with van der Waals surface area (Å²) >= 11 is 3.37. The molecule has 2 aromatic heterocycles. The maximum atomic E-state index is 4.99. The quantitative estimate of drug-likeness (QED) is 0.841. The molecule has 0 spiro atoms. The van der Waals surface area contributed by atoms with Gasteiger partial charge >= 0.3 is 0 Å². The van der Waals surface area contributed by atoms with Gasteiger partial charge in [-0.25, -0.2) is 9.67 Å². The van der Waals surface area contributed by atoms with Crippen LogP contribution in [0, 0.1) is 0 Å². The van der Waals surface area contributed by atoms with Gasteiger partial charge in [0.05, 0.1) is 19.3 Å². The van der Waals surface area contributed by atoms with Crippen molar-refractivity contribution >= 4 is 27.0 Å². The Hall–Kier alpha value is -0.940. The fourth-order valence-electron chi connectivity index (χ4n) is 1.29. The van der Waals surface area contributed by atoms with Crippen LogP contribution in [0.4, 0.5) is 0 Å². The predicted molar refractivity (Wildman–Crippen MR) is 57.1 cm³/mol. The summed E-state index contributed by atoms with van der Waals surface area (Å²) in [5.41, 5.74) is 0.894. The van der Waals surface area contributed by atoms with Crippen LogP contribution < -0.4 is 0 Å². The third kappa shape index (κ3) is 1.78. The number of rotatable bonds is 3. The minimum absolute atomic E-state index is 0.647. The second kappa shape index (κ2) is 4.06. The van der Waals surface area contributed by atoms with Crippen LogP contribution in [-0.2, 0) is 11.3 Å². The second-order valence-corrected chi connectivity index (χ2v) is 3.84. The summed E-state index contributed by atoms with van der Waals surface area (Å²) in [5.74, 6) is 0. The minimum Gasteiger partial charge on any atom is -0.383 e. The summed E-state index contributed by atoms with van der Waals surface area (Å²) in [4.78, 5) is 4.29. The van der Waals surface area contributed by atoms with Gasteiger partial charge < -0.3 is 4.74 Å². The number of hydrogen-bond donors (Lipinski definition) is 0. The number of fused-ring (bicyclic) bond motifs is 1. The predicted octanol–water partition coefficient (Wildman–Crippen LogP) is 1.84. The molecule has 0 aliphatic carbocycles. The van der Waals surface area contributed by atoms with E-state index in [4.69, 9.17) is 4.74 Å². The van der Waals surface area contributed by atoms with Crippen LogP contribution in [0.1, 0.15) is 0 Å². The number of halogens is 1. The molecule has 0 unspecified atom stereocenters. The van der Waals surface area contributed by atoms with Gasteiger partial charge in [0.25, 0.3) is 0 Å². The van der Waals surface area contributed by atoms with E-state index >= 15 is 0 Å². The standard InChI is InChI=1S/C9H10BrN3O/c1-14-3-2-13-9-7(5-12-13)4-8(10)6-11-9/h4-6H,2-3H2,1H3. The van der Waals surface area contributed by atoms with E-state index in [0.717, 1.165) is 22.1 Å². The maximum Gasteiger partial charge on any atom is 0.157 e. The zero-order valence-electron chi connectivity index (χ0n) is 7.77. The van der Waals surface area contributed by atoms with Crippen molar-refractivity contribution in [3.63, 3.8) is 0 Å². The minimum atomic E-state index is 0.647. The third-order valence-corrected chi connectivity index (χ3v) is 2.38. The molecule has 0 fully saturated rings. The van der Waals surface area contributed by atoms with Crippen molar-refractivity contribution in [2.75, 3.05) is 13.7 Å². The summed E-state index contributed by atoms with van der Waals surface area (Å²) in [7, 11) is 1.68. The molecule has 0 saturated heterocycles. The fourth-order valence-corrected chi connectivity index (χ4v) is 1.64. The smallest absolute Gasteiger partial charge is 0.157 e. The van der Waals surface area contributed by atoms with Crippen molar-refractivity contribution in [3.05, 3.63) is 22.9 Å². The molecular weight excluding hydrogens is 246 g/mol. The molecule has 2 rings (SSSR count). The lowest BCUT2D eigenvalue weighted by Crippen LogP contribution is -2.06. The lowest BCUT2D eigenvalue weighted by Gasteiger charge is -2.00. The molecule has 2 heterocycles. The van der Waals surface area contributed by atoms with Crippen LogP contribution in [-0.4, -0.2) is 28.5 Å². The Labute approximate surface area is 90.0 Å². The third-order valence-electron chi connectivity index (χ3n) is 1.95. The summed E-state index contributed by atoms with van der Waals surface area (Å²) in [6.07, 6.45) is 3.58. The summed E-state index contributed by atoms with van der Waals surface area (Å²) in [6.45, 7) is 1.38. The molecule has 0 atom stereocenters. The highest BCUT2D eigenvalue weighted by molar-refractivity contribution is 9.10. The molecule has 0 N–H and O–H groups in total. The van der Waals surface area contributed by atoms with Gasteiger partial charge in [-0.2, -0.15) is 5.10 Å². The van der Waals surface area contributed by atoms with E-state index in [0.29, 0.717) is 6.61 Å². The molecule has 0 aliphatic rings. The molecule has 0 bridgehead atoms. The molecule has 0 amide bonds. The highest BCUT2D eigenvalue weighted by Gasteiger charge is 2.03. The number of nitrogens with zero attached hydrogens (tertiary/aromatic N) is 3. The van der Waals surface area contributed by atoms with Gasteiger partial charge in [0.2, 0.25) is 0 Å². The average molecular weight is 256 g/mol. The maximum absolute atomic E-state index is 4.99. The fraction of sp³-hybridized carbons (Fsp3) is 0.333. The Morgan fingerprint density at radius 3 is 3.14 bits per heavy atom. The van der Waals surface area contributed by atoms with Crippen LogP contribution >= 0.6 is 15.9 Å². The molecule has 0 radical (unpaired) electrons. The first-order valence-corrected chi connectivity index (χ1v) is 5.06. The molecule has 0 saturated carbocycles. The van der Waals surface area contributed by atoms with Crippen LogP contribution in [0.3, 0.4) is 0 Å². The Bertz CT molecular complexity index is 441. The Balaban J connectivity index is 2.37. The monoisotopic (exact) mass is 255 g/mol. The summed E-state index contributed by atoms with van der Waals surface area (Å²) in [6, 6.07) is 2.00. The van der Waals surface area contributed by atoms with Gasteiger partial charge in [-0.15, -0.1) is 0 Å². The van der Waals surface area contributed by atoms with E-state index in [9.17, 15) is 0 Å². The van der Waals surface area contributed by atoms with Crippen LogP contribution in [0.15, 0.2) is 22.9 Å². The van der Waals surface area contributed by atoms with Crippen molar-refractivity contribution in [1.29, 1.82) is 0 Å². The van der Waals surface area contributed by atoms with Gasteiger partial charge in [0.1, 0.15) is 0 Å². The number of hydrogen-bond acceptors (Lipinski definition) is 3. The van der Waals surface area contributed by atoms with Crippen molar-refractivity contribution in [2.45, 2.75) is 6.54 Å². The van der Waals surface area contributed by atoms with E-state index in [1.165, 1.54) is 0 Å². The highest BCUT2D eigenvalue weighted by Crippen LogP contribution is 2.16. The van der Waals surface area contributed by atoms with Gasteiger partial charge in [-0.1, -0.05) is 0 Å². The lowest BCUT2D eigenvalue weighted by molar-refractivity contribution is 0.184. The van der Waals surface area contributed by atoms with Crippen molar-refractivity contribution in [2.24, 2.45) is 0 Å². The first-order valence-electron chi connectivity index (χ1n) is 4.27. The average Bonchev–Trinajstić information content (AvgIpc) is 2.57. The SMILES string of the molecule is COCCn1ncc2cc(Br)cnc21. The molecule has 0 aliphatic heterocycles. The molecule has 2 aromatic rings. The van der Waals surface area contributed by atoms with E-state index in [1.807, 2.05) is 16.9 Å². The topological polar surface area (TPSA) is 39.9 Å². The summed E-state index contributed by atoms with van der Waals surface area (Å²) in [5, 5.41) is 5.26. The Kier molecular flexibility index (Phi) is 2.79. The Morgan fingerprint density at radius 1 is 1.50 bits per heavy atom. The van der Waals surface area contributed by atoms with Crippen molar-refractivity contribution < 1.29 is 4.74 Å². The first-order chi connectivity index (χ1) is 6.81. The number of aromatic nitrogens is 3. The zero-order chi connectivity index (χ0) is 9.97. The molecule has 14 heavy (non-hydrogen) atoms. The van der Waals surface area contributed by atoms with E-state index in [1.54, 1.807) is 13.3 Å².